The number of likely N-dealkylation sites (tertiary alicyclic amines) is 1. The van der Waals surface area contributed by atoms with Gasteiger partial charge in [-0.2, -0.15) is 0 Å². The lowest BCUT2D eigenvalue weighted by atomic mass is 10.0. The SMILES string of the molecule is CCCCN1CCC[C@@H](Cl)[C@H]1C. The number of halogens is 1. The Bertz CT molecular complexity index is 127. The standard InChI is InChI=1S/C10H20ClN/c1-3-4-7-12-8-5-6-10(11)9(12)2/h9-10H,3-8H2,1-2H3/t9-,10-/m1/s1. The maximum atomic E-state index is 6.20. The Kier molecular flexibility index (Phi) is 4.38. The van der Waals surface area contributed by atoms with Gasteiger partial charge in [0.2, 0.25) is 0 Å². The van der Waals surface area contributed by atoms with Crippen molar-refractivity contribution in [2.75, 3.05) is 13.1 Å². The third-order valence-corrected chi connectivity index (χ3v) is 3.41. The third-order valence-electron chi connectivity index (χ3n) is 2.82. The van der Waals surface area contributed by atoms with Crippen LogP contribution in [0.15, 0.2) is 0 Å². The van der Waals surface area contributed by atoms with Crippen LogP contribution in [0.3, 0.4) is 0 Å². The van der Waals surface area contributed by atoms with E-state index in [0.717, 1.165) is 0 Å². The Morgan fingerprint density at radius 2 is 2.25 bits per heavy atom. The van der Waals surface area contributed by atoms with Crippen molar-refractivity contribution in [3.63, 3.8) is 0 Å². The number of alkyl halides is 1. The van der Waals surface area contributed by atoms with E-state index in [0.29, 0.717) is 11.4 Å². The first kappa shape index (κ1) is 10.3. The first-order chi connectivity index (χ1) is 5.75. The summed E-state index contributed by atoms with van der Waals surface area (Å²) in [5, 5.41) is 0.385. The molecule has 0 unspecified atom stereocenters. The van der Waals surface area contributed by atoms with E-state index >= 15 is 0 Å². The summed E-state index contributed by atoms with van der Waals surface area (Å²) >= 11 is 6.20. The summed E-state index contributed by atoms with van der Waals surface area (Å²) in [5.41, 5.74) is 0. The molecule has 1 nitrogen and oxygen atoms in total. The molecule has 1 heterocycles. The molecule has 2 heteroatoms. The Hall–Kier alpha value is 0.250. The highest BCUT2D eigenvalue weighted by Crippen LogP contribution is 2.22. The van der Waals surface area contributed by atoms with Crippen LogP contribution in [0, 0.1) is 0 Å². The molecule has 0 aromatic carbocycles. The first-order valence-electron chi connectivity index (χ1n) is 5.13. The van der Waals surface area contributed by atoms with Crippen LogP contribution in [0.25, 0.3) is 0 Å². The maximum Gasteiger partial charge on any atom is 0.0489 e. The second-order valence-electron chi connectivity index (χ2n) is 3.79. The largest absolute Gasteiger partial charge is 0.299 e. The predicted octanol–water partition coefficient (Wildman–Crippen LogP) is 2.88. The number of hydrogen-bond donors (Lipinski definition) is 0. The van der Waals surface area contributed by atoms with Gasteiger partial charge in [-0.05, 0) is 39.3 Å². The molecule has 0 amide bonds. The monoisotopic (exact) mass is 189 g/mol. The van der Waals surface area contributed by atoms with Gasteiger partial charge in [-0.1, -0.05) is 13.3 Å². The van der Waals surface area contributed by atoms with E-state index in [1.165, 1.54) is 38.8 Å². The fraction of sp³-hybridized carbons (Fsp3) is 1.00. The Balaban J connectivity index is 2.30. The van der Waals surface area contributed by atoms with Crippen molar-refractivity contribution in [3.8, 4) is 0 Å². The van der Waals surface area contributed by atoms with Crippen LogP contribution in [-0.4, -0.2) is 29.4 Å². The summed E-state index contributed by atoms with van der Waals surface area (Å²) in [6.07, 6.45) is 5.08. The Morgan fingerprint density at radius 3 is 2.92 bits per heavy atom. The first-order valence-corrected chi connectivity index (χ1v) is 5.57. The van der Waals surface area contributed by atoms with Crippen molar-refractivity contribution in [2.45, 2.75) is 50.9 Å². The minimum atomic E-state index is 0.385. The average molecular weight is 190 g/mol. The molecule has 72 valence electrons. The van der Waals surface area contributed by atoms with Gasteiger partial charge in [-0.25, -0.2) is 0 Å². The van der Waals surface area contributed by atoms with Gasteiger partial charge >= 0.3 is 0 Å². The molecule has 0 aromatic rings. The molecule has 0 aromatic heterocycles. The highest BCUT2D eigenvalue weighted by Gasteiger charge is 2.25. The van der Waals surface area contributed by atoms with Crippen LogP contribution in [-0.2, 0) is 0 Å². The number of piperidine rings is 1. The zero-order chi connectivity index (χ0) is 8.97. The van der Waals surface area contributed by atoms with Gasteiger partial charge in [0.05, 0.1) is 0 Å². The van der Waals surface area contributed by atoms with Crippen molar-refractivity contribution < 1.29 is 0 Å². The Morgan fingerprint density at radius 1 is 1.50 bits per heavy atom. The van der Waals surface area contributed by atoms with Gasteiger partial charge in [0, 0.05) is 11.4 Å². The van der Waals surface area contributed by atoms with E-state index in [1.54, 1.807) is 0 Å². The van der Waals surface area contributed by atoms with Gasteiger partial charge in [-0.3, -0.25) is 4.90 Å². The lowest BCUT2D eigenvalue weighted by Crippen LogP contribution is -2.44. The molecule has 0 N–H and O–H groups in total. The second kappa shape index (κ2) is 5.08. The summed E-state index contributed by atoms with van der Waals surface area (Å²) in [4.78, 5) is 2.53. The summed E-state index contributed by atoms with van der Waals surface area (Å²) in [6, 6.07) is 0.590. The van der Waals surface area contributed by atoms with Crippen LogP contribution in [0.1, 0.15) is 39.5 Å². The normalized spacial score (nSPS) is 32.2. The van der Waals surface area contributed by atoms with E-state index in [4.69, 9.17) is 11.6 Å². The molecule has 0 bridgehead atoms. The smallest absolute Gasteiger partial charge is 0.0489 e. The van der Waals surface area contributed by atoms with Crippen LogP contribution in [0.5, 0.6) is 0 Å². The molecule has 1 fully saturated rings. The fourth-order valence-corrected chi connectivity index (χ4v) is 2.15. The van der Waals surface area contributed by atoms with Crippen molar-refractivity contribution >= 4 is 11.6 Å². The van der Waals surface area contributed by atoms with Gasteiger partial charge in [0.15, 0.2) is 0 Å². The summed E-state index contributed by atoms with van der Waals surface area (Å²) in [5.74, 6) is 0. The lowest BCUT2D eigenvalue weighted by molar-refractivity contribution is 0.162. The summed E-state index contributed by atoms with van der Waals surface area (Å²) < 4.78 is 0. The number of unbranched alkanes of at least 4 members (excludes halogenated alkanes) is 1. The lowest BCUT2D eigenvalue weighted by Gasteiger charge is -2.36. The Labute approximate surface area is 81.1 Å². The molecule has 12 heavy (non-hydrogen) atoms. The van der Waals surface area contributed by atoms with Crippen molar-refractivity contribution in [2.24, 2.45) is 0 Å². The minimum absolute atomic E-state index is 0.385. The minimum Gasteiger partial charge on any atom is -0.299 e. The van der Waals surface area contributed by atoms with E-state index < -0.39 is 0 Å². The maximum absolute atomic E-state index is 6.20. The zero-order valence-corrected chi connectivity index (χ0v) is 8.98. The van der Waals surface area contributed by atoms with Gasteiger partial charge < -0.3 is 0 Å². The van der Waals surface area contributed by atoms with Crippen molar-refractivity contribution in [1.29, 1.82) is 0 Å². The topological polar surface area (TPSA) is 3.24 Å². The number of nitrogens with zero attached hydrogens (tertiary/aromatic N) is 1. The quantitative estimate of drug-likeness (QED) is 0.618. The van der Waals surface area contributed by atoms with E-state index in [2.05, 4.69) is 18.7 Å². The van der Waals surface area contributed by atoms with Crippen molar-refractivity contribution in [1.82, 2.24) is 4.90 Å². The molecule has 2 atom stereocenters. The van der Waals surface area contributed by atoms with Crippen LogP contribution >= 0.6 is 11.6 Å². The van der Waals surface area contributed by atoms with Crippen LogP contribution in [0.4, 0.5) is 0 Å². The van der Waals surface area contributed by atoms with Crippen LogP contribution in [0.2, 0.25) is 0 Å². The molecular weight excluding hydrogens is 170 g/mol. The van der Waals surface area contributed by atoms with E-state index in [1.807, 2.05) is 0 Å². The molecule has 1 aliphatic rings. The average Bonchev–Trinajstić information content (AvgIpc) is 2.08. The number of rotatable bonds is 3. The molecule has 1 rings (SSSR count). The molecule has 1 saturated heterocycles. The molecule has 0 radical (unpaired) electrons. The van der Waals surface area contributed by atoms with Crippen LogP contribution < -0.4 is 0 Å². The number of hydrogen-bond acceptors (Lipinski definition) is 1. The van der Waals surface area contributed by atoms with E-state index in [-0.39, 0.29) is 0 Å². The summed E-state index contributed by atoms with van der Waals surface area (Å²) in [7, 11) is 0. The second-order valence-corrected chi connectivity index (χ2v) is 4.35. The fourth-order valence-electron chi connectivity index (χ4n) is 1.84. The molecule has 0 saturated carbocycles. The van der Waals surface area contributed by atoms with Gasteiger partial charge in [-0.15, -0.1) is 11.6 Å². The molecule has 0 aliphatic carbocycles. The van der Waals surface area contributed by atoms with Gasteiger partial charge in [0.25, 0.3) is 0 Å². The van der Waals surface area contributed by atoms with Crippen molar-refractivity contribution in [3.05, 3.63) is 0 Å². The molecule has 1 aliphatic heterocycles. The molecular formula is C10H20ClN. The highest BCUT2D eigenvalue weighted by molar-refractivity contribution is 6.21. The highest BCUT2D eigenvalue weighted by atomic mass is 35.5. The van der Waals surface area contributed by atoms with E-state index in [9.17, 15) is 0 Å². The zero-order valence-electron chi connectivity index (χ0n) is 8.22. The molecule has 0 spiro atoms. The third kappa shape index (κ3) is 2.63. The summed E-state index contributed by atoms with van der Waals surface area (Å²) in [6.45, 7) is 6.99. The van der Waals surface area contributed by atoms with Gasteiger partial charge in [0.1, 0.15) is 0 Å². The predicted molar refractivity (Wildman–Crippen MR) is 54.8 cm³/mol.